The number of aryl methyl sites for hydroxylation is 1. The molecule has 0 aliphatic rings. The van der Waals surface area contributed by atoms with Crippen molar-refractivity contribution in [2.24, 2.45) is 0 Å². The Hall–Kier alpha value is -1.62. The van der Waals surface area contributed by atoms with Crippen molar-refractivity contribution in [1.82, 2.24) is 10.3 Å². The van der Waals surface area contributed by atoms with Gasteiger partial charge in [0, 0.05) is 24.9 Å². The van der Waals surface area contributed by atoms with Crippen LogP contribution in [0.2, 0.25) is 0 Å². The minimum atomic E-state index is -0.148. The number of rotatable bonds is 6. The number of amides is 1. The maximum atomic E-state index is 11.9. The summed E-state index contributed by atoms with van der Waals surface area (Å²) in [4.78, 5) is 16.1. The zero-order valence-corrected chi connectivity index (χ0v) is 11.2. The van der Waals surface area contributed by atoms with Gasteiger partial charge in [0.1, 0.15) is 5.82 Å². The van der Waals surface area contributed by atoms with E-state index in [1.54, 1.807) is 19.2 Å². The Morgan fingerprint density at radius 1 is 1.56 bits per heavy atom. The molecule has 1 aromatic heterocycles. The van der Waals surface area contributed by atoms with Crippen molar-refractivity contribution in [2.75, 3.05) is 19.4 Å². The highest BCUT2D eigenvalue weighted by atomic mass is 16.5. The third kappa shape index (κ3) is 4.33. The van der Waals surface area contributed by atoms with Crippen molar-refractivity contribution in [1.29, 1.82) is 0 Å². The maximum Gasteiger partial charge on any atom is 0.251 e. The number of ether oxygens (including phenoxy) is 1. The third-order valence-electron chi connectivity index (χ3n) is 2.62. The van der Waals surface area contributed by atoms with Crippen LogP contribution in [0.3, 0.4) is 0 Å². The van der Waals surface area contributed by atoms with Crippen LogP contribution in [-0.2, 0) is 11.2 Å². The van der Waals surface area contributed by atoms with Crippen LogP contribution in [0.5, 0.6) is 0 Å². The van der Waals surface area contributed by atoms with E-state index in [-0.39, 0.29) is 12.0 Å². The number of aromatic nitrogens is 1. The van der Waals surface area contributed by atoms with E-state index in [1.807, 2.05) is 6.92 Å². The first-order valence-corrected chi connectivity index (χ1v) is 6.14. The normalized spacial score (nSPS) is 12.2. The summed E-state index contributed by atoms with van der Waals surface area (Å²) >= 11 is 0. The van der Waals surface area contributed by atoms with Gasteiger partial charge in [-0.05, 0) is 25.5 Å². The highest BCUT2D eigenvalue weighted by Crippen LogP contribution is 2.09. The highest BCUT2D eigenvalue weighted by molar-refractivity contribution is 5.94. The third-order valence-corrected chi connectivity index (χ3v) is 2.62. The quantitative estimate of drug-likeness (QED) is 0.800. The number of pyridine rings is 1. The van der Waals surface area contributed by atoms with Gasteiger partial charge in [0.25, 0.3) is 5.91 Å². The molecule has 0 saturated carbocycles. The van der Waals surface area contributed by atoms with Gasteiger partial charge in [0.2, 0.25) is 0 Å². The first-order chi connectivity index (χ1) is 8.56. The molecule has 3 N–H and O–H groups in total. The highest BCUT2D eigenvalue weighted by Gasteiger charge is 2.09. The lowest BCUT2D eigenvalue weighted by Crippen LogP contribution is -2.31. The van der Waals surface area contributed by atoms with Crippen molar-refractivity contribution >= 4 is 11.7 Å². The van der Waals surface area contributed by atoms with Crippen molar-refractivity contribution in [3.05, 3.63) is 23.4 Å². The van der Waals surface area contributed by atoms with Crippen LogP contribution in [0.4, 0.5) is 5.82 Å². The summed E-state index contributed by atoms with van der Waals surface area (Å²) in [5.74, 6) is 0.233. The summed E-state index contributed by atoms with van der Waals surface area (Å²) < 4.78 is 5.07. The molecule has 100 valence electrons. The lowest BCUT2D eigenvalue weighted by atomic mass is 10.1. The lowest BCUT2D eigenvalue weighted by molar-refractivity contribution is 0.0870. The van der Waals surface area contributed by atoms with E-state index in [9.17, 15) is 4.79 Å². The van der Waals surface area contributed by atoms with E-state index in [0.717, 1.165) is 18.5 Å². The Balaban J connectivity index is 2.72. The molecule has 1 aromatic rings. The number of nitrogen functional groups attached to an aromatic ring is 1. The van der Waals surface area contributed by atoms with Gasteiger partial charge in [-0.1, -0.05) is 13.3 Å². The van der Waals surface area contributed by atoms with E-state index < -0.39 is 0 Å². The van der Waals surface area contributed by atoms with Gasteiger partial charge < -0.3 is 15.8 Å². The molecule has 0 bridgehead atoms. The maximum absolute atomic E-state index is 11.9. The number of nitrogens with one attached hydrogen (secondary N) is 1. The van der Waals surface area contributed by atoms with Gasteiger partial charge in [-0.2, -0.15) is 0 Å². The Morgan fingerprint density at radius 3 is 2.89 bits per heavy atom. The van der Waals surface area contributed by atoms with Crippen LogP contribution < -0.4 is 11.1 Å². The molecule has 1 heterocycles. The lowest BCUT2D eigenvalue weighted by Gasteiger charge is -2.11. The first-order valence-electron chi connectivity index (χ1n) is 6.14. The van der Waals surface area contributed by atoms with E-state index in [2.05, 4.69) is 17.2 Å². The molecular weight excluding hydrogens is 230 g/mol. The molecule has 0 aromatic carbocycles. The van der Waals surface area contributed by atoms with Crippen LogP contribution in [-0.4, -0.2) is 30.6 Å². The summed E-state index contributed by atoms with van der Waals surface area (Å²) in [6.45, 7) is 4.43. The number of hydrogen-bond acceptors (Lipinski definition) is 4. The second kappa shape index (κ2) is 6.96. The van der Waals surface area contributed by atoms with Crippen molar-refractivity contribution in [2.45, 2.75) is 32.8 Å². The Kier molecular flexibility index (Phi) is 5.58. The number of nitrogens with zero attached hydrogens (tertiary/aromatic N) is 1. The average Bonchev–Trinajstić information content (AvgIpc) is 2.35. The van der Waals surface area contributed by atoms with Crippen LogP contribution in [0.15, 0.2) is 12.1 Å². The monoisotopic (exact) mass is 251 g/mol. The fraction of sp³-hybridized carbons (Fsp3) is 0.538. The smallest absolute Gasteiger partial charge is 0.251 e. The Labute approximate surface area is 108 Å². The average molecular weight is 251 g/mol. The van der Waals surface area contributed by atoms with Gasteiger partial charge in [-0.3, -0.25) is 4.79 Å². The Bertz CT molecular complexity index is 407. The summed E-state index contributed by atoms with van der Waals surface area (Å²) in [5, 5.41) is 2.80. The van der Waals surface area contributed by atoms with Crippen LogP contribution >= 0.6 is 0 Å². The molecule has 5 heteroatoms. The predicted molar refractivity (Wildman–Crippen MR) is 71.4 cm³/mol. The van der Waals surface area contributed by atoms with Crippen molar-refractivity contribution < 1.29 is 9.53 Å². The second-order valence-corrected chi connectivity index (χ2v) is 4.28. The molecule has 1 unspecified atom stereocenters. The summed E-state index contributed by atoms with van der Waals surface area (Å²) in [7, 11) is 1.61. The summed E-state index contributed by atoms with van der Waals surface area (Å²) in [5.41, 5.74) is 7.09. The topological polar surface area (TPSA) is 77.2 Å². The van der Waals surface area contributed by atoms with Gasteiger partial charge in [-0.25, -0.2) is 4.98 Å². The second-order valence-electron chi connectivity index (χ2n) is 4.28. The Morgan fingerprint density at radius 2 is 2.28 bits per heavy atom. The van der Waals surface area contributed by atoms with Crippen LogP contribution in [0, 0.1) is 0 Å². The summed E-state index contributed by atoms with van der Waals surface area (Å²) in [6, 6.07) is 3.37. The minimum absolute atomic E-state index is 0.0109. The zero-order valence-electron chi connectivity index (χ0n) is 11.2. The van der Waals surface area contributed by atoms with Crippen LogP contribution in [0.1, 0.15) is 36.3 Å². The molecule has 0 spiro atoms. The summed E-state index contributed by atoms with van der Waals surface area (Å²) in [6.07, 6.45) is 1.78. The van der Waals surface area contributed by atoms with Crippen molar-refractivity contribution in [3.63, 3.8) is 0 Å². The molecule has 1 amide bonds. The van der Waals surface area contributed by atoms with Gasteiger partial charge in [0.15, 0.2) is 0 Å². The van der Waals surface area contributed by atoms with Gasteiger partial charge >= 0.3 is 0 Å². The molecule has 0 saturated heterocycles. The largest absolute Gasteiger partial charge is 0.384 e. The molecule has 0 radical (unpaired) electrons. The predicted octanol–water partition coefficient (Wildman–Crippen LogP) is 1.38. The van der Waals surface area contributed by atoms with Crippen LogP contribution in [0.25, 0.3) is 0 Å². The number of hydrogen-bond donors (Lipinski definition) is 2. The fourth-order valence-electron chi connectivity index (χ4n) is 1.55. The van der Waals surface area contributed by atoms with E-state index in [4.69, 9.17) is 10.5 Å². The van der Waals surface area contributed by atoms with Gasteiger partial charge in [-0.15, -0.1) is 0 Å². The molecule has 5 nitrogen and oxygen atoms in total. The molecule has 0 fully saturated rings. The molecule has 1 atom stereocenters. The van der Waals surface area contributed by atoms with E-state index in [0.29, 0.717) is 17.9 Å². The molecule has 1 rings (SSSR count). The molecule has 0 aliphatic heterocycles. The number of methoxy groups -OCH3 is 1. The molecular formula is C13H21N3O2. The standard InChI is InChI=1S/C13H21N3O2/c1-4-5-11-6-10(7-12(14)16-11)13(17)15-8-9(2)18-3/h6-7,9H,4-5,8H2,1-3H3,(H2,14,16)(H,15,17). The number of anilines is 1. The molecule has 18 heavy (non-hydrogen) atoms. The fourth-order valence-corrected chi connectivity index (χ4v) is 1.55. The first kappa shape index (κ1) is 14.4. The van der Waals surface area contributed by atoms with E-state index in [1.165, 1.54) is 0 Å². The van der Waals surface area contributed by atoms with E-state index >= 15 is 0 Å². The number of carbonyl (C=O) groups excluding carboxylic acids is 1. The number of nitrogens with two attached hydrogens (primary N) is 1. The number of carbonyl (C=O) groups is 1. The SMILES string of the molecule is CCCc1cc(C(=O)NCC(C)OC)cc(N)n1. The zero-order chi connectivity index (χ0) is 13.5. The van der Waals surface area contributed by atoms with Gasteiger partial charge in [0.05, 0.1) is 6.10 Å². The minimum Gasteiger partial charge on any atom is -0.384 e. The van der Waals surface area contributed by atoms with Crippen molar-refractivity contribution in [3.8, 4) is 0 Å². The molecule has 0 aliphatic carbocycles.